The first kappa shape index (κ1) is 13.1. The Labute approximate surface area is 116 Å². The highest BCUT2D eigenvalue weighted by atomic mass is 16.2. The average molecular weight is 277 g/mol. The molecule has 6 nitrogen and oxygen atoms in total. The highest BCUT2D eigenvalue weighted by molar-refractivity contribution is 5.94. The van der Waals surface area contributed by atoms with E-state index in [-0.39, 0.29) is 17.5 Å². The largest absolute Gasteiger partial charge is 0.335 e. The molecule has 1 aliphatic heterocycles. The molecule has 0 unspecified atom stereocenters. The van der Waals surface area contributed by atoms with Crippen molar-refractivity contribution >= 4 is 5.91 Å². The van der Waals surface area contributed by atoms with Gasteiger partial charge in [-0.15, -0.1) is 0 Å². The van der Waals surface area contributed by atoms with E-state index in [4.69, 9.17) is 0 Å². The molecular weight excluding hydrogens is 258 g/mol. The fraction of sp³-hybridized carbons (Fsp3) is 0.643. The molecule has 3 rings (SSSR count). The molecule has 2 heterocycles. The number of hydrogen-bond acceptors (Lipinski definition) is 3. The summed E-state index contributed by atoms with van der Waals surface area (Å²) in [5, 5.41) is 0. The number of likely N-dealkylation sites (tertiary alicyclic amines) is 1. The van der Waals surface area contributed by atoms with E-state index in [1.54, 1.807) is 0 Å². The number of H-pyrrole nitrogens is 1. The molecule has 0 radical (unpaired) electrons. The molecule has 1 saturated heterocycles. The molecule has 1 amide bonds. The first-order chi connectivity index (χ1) is 9.58. The van der Waals surface area contributed by atoms with Crippen LogP contribution < -0.4 is 11.2 Å². The molecule has 2 atom stereocenters. The summed E-state index contributed by atoms with van der Waals surface area (Å²) >= 11 is 0. The number of amides is 1. The van der Waals surface area contributed by atoms with Crippen molar-refractivity contribution in [2.75, 3.05) is 6.54 Å². The topological polar surface area (TPSA) is 75.2 Å². The molecular formula is C14H19N3O3. The second-order valence-electron chi connectivity index (χ2n) is 5.81. The van der Waals surface area contributed by atoms with E-state index in [2.05, 4.69) is 4.98 Å². The minimum absolute atomic E-state index is 0.0679. The van der Waals surface area contributed by atoms with Crippen LogP contribution in [0.5, 0.6) is 0 Å². The Hall–Kier alpha value is -1.85. The SMILES string of the molecule is Cn1cc(C(=O)N2CC[C@@H]3CCCC[C@@H]32)c(=O)[nH]c1=O. The van der Waals surface area contributed by atoms with Gasteiger partial charge < -0.3 is 9.47 Å². The van der Waals surface area contributed by atoms with Gasteiger partial charge in [0, 0.05) is 25.8 Å². The van der Waals surface area contributed by atoms with Crippen LogP contribution >= 0.6 is 0 Å². The summed E-state index contributed by atoms with van der Waals surface area (Å²) in [4.78, 5) is 39.8. The maximum absolute atomic E-state index is 12.6. The van der Waals surface area contributed by atoms with Crippen molar-refractivity contribution in [1.82, 2.24) is 14.5 Å². The van der Waals surface area contributed by atoms with Crippen LogP contribution in [-0.2, 0) is 7.05 Å². The highest BCUT2D eigenvalue weighted by Gasteiger charge is 2.39. The Balaban J connectivity index is 1.91. The Morgan fingerprint density at radius 2 is 2.00 bits per heavy atom. The van der Waals surface area contributed by atoms with Crippen molar-refractivity contribution in [3.8, 4) is 0 Å². The molecule has 1 N–H and O–H groups in total. The van der Waals surface area contributed by atoms with Gasteiger partial charge in [-0.3, -0.25) is 14.6 Å². The second-order valence-corrected chi connectivity index (χ2v) is 5.81. The summed E-state index contributed by atoms with van der Waals surface area (Å²) < 4.78 is 1.24. The predicted octanol–water partition coefficient (Wildman–Crippen LogP) is 0.478. The van der Waals surface area contributed by atoms with E-state index in [0.29, 0.717) is 5.92 Å². The zero-order valence-corrected chi connectivity index (χ0v) is 11.6. The Kier molecular flexibility index (Phi) is 3.23. The fourth-order valence-electron chi connectivity index (χ4n) is 3.53. The quantitative estimate of drug-likeness (QED) is 0.811. The number of aromatic amines is 1. The second kappa shape index (κ2) is 4.92. The number of rotatable bonds is 1. The van der Waals surface area contributed by atoms with E-state index < -0.39 is 11.2 Å². The third-order valence-electron chi connectivity index (χ3n) is 4.61. The van der Waals surface area contributed by atoms with Gasteiger partial charge >= 0.3 is 5.69 Å². The van der Waals surface area contributed by atoms with Gasteiger partial charge in [-0.25, -0.2) is 4.79 Å². The van der Waals surface area contributed by atoms with E-state index >= 15 is 0 Å². The Morgan fingerprint density at radius 1 is 1.25 bits per heavy atom. The molecule has 1 aliphatic carbocycles. The fourth-order valence-corrected chi connectivity index (χ4v) is 3.53. The molecule has 1 aromatic heterocycles. The van der Waals surface area contributed by atoms with E-state index in [1.165, 1.54) is 30.7 Å². The molecule has 6 heteroatoms. The van der Waals surface area contributed by atoms with Gasteiger partial charge in [0.05, 0.1) is 0 Å². The number of aromatic nitrogens is 2. The van der Waals surface area contributed by atoms with Crippen molar-refractivity contribution in [2.24, 2.45) is 13.0 Å². The van der Waals surface area contributed by atoms with Crippen LogP contribution in [0.15, 0.2) is 15.8 Å². The minimum Gasteiger partial charge on any atom is -0.335 e. The third-order valence-corrected chi connectivity index (χ3v) is 4.61. The van der Waals surface area contributed by atoms with Gasteiger partial charge in [-0.05, 0) is 25.2 Å². The van der Waals surface area contributed by atoms with Crippen LogP contribution in [0, 0.1) is 5.92 Å². The van der Waals surface area contributed by atoms with E-state index in [0.717, 1.165) is 25.8 Å². The first-order valence-corrected chi connectivity index (χ1v) is 7.19. The van der Waals surface area contributed by atoms with Crippen molar-refractivity contribution in [1.29, 1.82) is 0 Å². The first-order valence-electron chi connectivity index (χ1n) is 7.19. The van der Waals surface area contributed by atoms with Crippen LogP contribution in [-0.4, -0.2) is 32.9 Å². The molecule has 0 aromatic carbocycles. The summed E-state index contributed by atoms with van der Waals surface area (Å²) in [7, 11) is 1.53. The van der Waals surface area contributed by atoms with Crippen molar-refractivity contribution in [2.45, 2.75) is 38.1 Å². The van der Waals surface area contributed by atoms with Crippen molar-refractivity contribution in [3.05, 3.63) is 32.6 Å². The van der Waals surface area contributed by atoms with Gasteiger partial charge in [-0.1, -0.05) is 12.8 Å². The van der Waals surface area contributed by atoms with Crippen LogP contribution in [0.3, 0.4) is 0 Å². The smallest absolute Gasteiger partial charge is 0.328 e. The third kappa shape index (κ3) is 2.09. The maximum atomic E-state index is 12.6. The van der Waals surface area contributed by atoms with Gasteiger partial charge in [0.25, 0.3) is 11.5 Å². The summed E-state index contributed by atoms with van der Waals surface area (Å²) in [6, 6.07) is 0.271. The molecule has 2 aliphatic rings. The van der Waals surface area contributed by atoms with Crippen LogP contribution in [0.25, 0.3) is 0 Å². The molecule has 108 valence electrons. The Morgan fingerprint density at radius 3 is 2.80 bits per heavy atom. The number of nitrogens with one attached hydrogen (secondary N) is 1. The summed E-state index contributed by atoms with van der Waals surface area (Å²) in [5.74, 6) is 0.343. The van der Waals surface area contributed by atoms with Gasteiger partial charge in [0.1, 0.15) is 5.56 Å². The molecule has 20 heavy (non-hydrogen) atoms. The molecule has 0 bridgehead atoms. The normalized spacial score (nSPS) is 25.6. The lowest BCUT2D eigenvalue weighted by Crippen LogP contribution is -2.43. The number of carbonyl (C=O) groups excluding carboxylic acids is 1. The lowest BCUT2D eigenvalue weighted by atomic mass is 9.85. The molecule has 1 saturated carbocycles. The predicted molar refractivity (Wildman–Crippen MR) is 73.7 cm³/mol. The number of nitrogens with zero attached hydrogens (tertiary/aromatic N) is 2. The van der Waals surface area contributed by atoms with Gasteiger partial charge in [0.15, 0.2) is 0 Å². The lowest BCUT2D eigenvalue weighted by Gasteiger charge is -2.31. The zero-order chi connectivity index (χ0) is 14.3. The maximum Gasteiger partial charge on any atom is 0.328 e. The number of hydrogen-bond donors (Lipinski definition) is 1. The molecule has 1 aromatic rings. The monoisotopic (exact) mass is 277 g/mol. The highest BCUT2D eigenvalue weighted by Crippen LogP contribution is 2.36. The van der Waals surface area contributed by atoms with Crippen LogP contribution in [0.4, 0.5) is 0 Å². The van der Waals surface area contributed by atoms with E-state index in [1.807, 2.05) is 4.90 Å². The summed E-state index contributed by atoms with van der Waals surface area (Å²) in [5.41, 5.74) is -1.01. The molecule has 2 fully saturated rings. The van der Waals surface area contributed by atoms with Gasteiger partial charge in [0.2, 0.25) is 0 Å². The average Bonchev–Trinajstić information content (AvgIpc) is 2.86. The van der Waals surface area contributed by atoms with Crippen LogP contribution in [0.1, 0.15) is 42.5 Å². The summed E-state index contributed by atoms with van der Waals surface area (Å²) in [6.07, 6.45) is 6.97. The van der Waals surface area contributed by atoms with Gasteiger partial charge in [-0.2, -0.15) is 0 Å². The number of carbonyl (C=O) groups is 1. The number of aryl methyl sites for hydroxylation is 1. The van der Waals surface area contributed by atoms with Crippen molar-refractivity contribution in [3.63, 3.8) is 0 Å². The number of fused-ring (bicyclic) bond motifs is 1. The van der Waals surface area contributed by atoms with Crippen molar-refractivity contribution < 1.29 is 4.79 Å². The lowest BCUT2D eigenvalue weighted by molar-refractivity contribution is 0.0687. The molecule has 0 spiro atoms. The minimum atomic E-state index is -0.586. The Bertz CT molecular complexity index is 646. The van der Waals surface area contributed by atoms with Crippen LogP contribution in [0.2, 0.25) is 0 Å². The summed E-state index contributed by atoms with van der Waals surface area (Å²) in [6.45, 7) is 0.719. The van der Waals surface area contributed by atoms with E-state index in [9.17, 15) is 14.4 Å². The zero-order valence-electron chi connectivity index (χ0n) is 11.6. The standard InChI is InChI=1S/C14H19N3O3/c1-16-8-10(12(18)15-14(16)20)13(19)17-7-6-9-4-2-3-5-11(9)17/h8-9,11H,2-7H2,1H3,(H,15,18,20)/t9-,11-/m0/s1.